The lowest BCUT2D eigenvalue weighted by atomic mass is 10.2. The third-order valence-corrected chi connectivity index (χ3v) is 6.27. The highest BCUT2D eigenvalue weighted by Crippen LogP contribution is 2.27. The first kappa shape index (κ1) is 25.6. The first-order chi connectivity index (χ1) is 16.3. The molecule has 0 saturated heterocycles. The molecule has 0 saturated carbocycles. The lowest BCUT2D eigenvalue weighted by Crippen LogP contribution is -2.15. The summed E-state index contributed by atoms with van der Waals surface area (Å²) in [6.07, 6.45) is -0.339. The minimum Gasteiger partial charge on any atom is -0.483 e. The van der Waals surface area contributed by atoms with Crippen LogP contribution < -0.4 is 10.1 Å². The van der Waals surface area contributed by atoms with Gasteiger partial charge in [-0.05, 0) is 75.7 Å². The van der Waals surface area contributed by atoms with Crippen LogP contribution in [0.25, 0.3) is 0 Å². The van der Waals surface area contributed by atoms with Crippen LogP contribution in [0.4, 0.5) is 5.69 Å². The Morgan fingerprint density at radius 1 is 1.15 bits per heavy atom. The standard InChI is InChI=1S/C24H27ClN4O4S/c1-5-29-22(16(4)33-19-11-12-20(25)15(3)13-19)27-28-24(29)34-14-21(30)26-18-9-7-17(8-10-18)23(31)32-6-2/h7-13,16H,5-6,14H2,1-4H3,(H,26,30). The second-order valence-corrected chi connectivity index (χ2v) is 8.74. The van der Waals surface area contributed by atoms with Crippen LogP contribution in [0.1, 0.15) is 48.6 Å². The number of aryl methyl sites for hydroxylation is 1. The molecular weight excluding hydrogens is 476 g/mol. The van der Waals surface area contributed by atoms with Gasteiger partial charge in [0.05, 0.1) is 17.9 Å². The van der Waals surface area contributed by atoms with Gasteiger partial charge in [0.2, 0.25) is 5.91 Å². The first-order valence-electron chi connectivity index (χ1n) is 10.9. The summed E-state index contributed by atoms with van der Waals surface area (Å²) in [6.45, 7) is 8.51. The lowest BCUT2D eigenvalue weighted by molar-refractivity contribution is -0.113. The van der Waals surface area contributed by atoms with Crippen molar-refractivity contribution in [2.75, 3.05) is 17.7 Å². The molecule has 10 heteroatoms. The fourth-order valence-corrected chi connectivity index (χ4v) is 4.11. The van der Waals surface area contributed by atoms with Gasteiger partial charge in [0.1, 0.15) is 5.75 Å². The second kappa shape index (κ2) is 11.9. The Labute approximate surface area is 208 Å². The van der Waals surface area contributed by atoms with Gasteiger partial charge in [0.15, 0.2) is 17.1 Å². The summed E-state index contributed by atoms with van der Waals surface area (Å²) in [6, 6.07) is 12.1. The molecule has 1 atom stereocenters. The average Bonchev–Trinajstić information content (AvgIpc) is 3.24. The van der Waals surface area contributed by atoms with Crippen molar-refractivity contribution >= 4 is 40.9 Å². The van der Waals surface area contributed by atoms with E-state index in [2.05, 4.69) is 15.5 Å². The van der Waals surface area contributed by atoms with Crippen molar-refractivity contribution in [3.05, 3.63) is 64.4 Å². The smallest absolute Gasteiger partial charge is 0.338 e. The maximum Gasteiger partial charge on any atom is 0.338 e. The zero-order chi connectivity index (χ0) is 24.7. The van der Waals surface area contributed by atoms with Crippen LogP contribution in [-0.2, 0) is 16.1 Å². The van der Waals surface area contributed by atoms with E-state index in [9.17, 15) is 9.59 Å². The number of halogens is 1. The van der Waals surface area contributed by atoms with Crippen LogP contribution in [0, 0.1) is 6.92 Å². The highest BCUT2D eigenvalue weighted by atomic mass is 35.5. The van der Waals surface area contributed by atoms with Crippen molar-refractivity contribution < 1.29 is 19.1 Å². The van der Waals surface area contributed by atoms with E-state index in [0.29, 0.717) is 46.2 Å². The van der Waals surface area contributed by atoms with E-state index in [1.54, 1.807) is 37.3 Å². The number of hydrogen-bond donors (Lipinski definition) is 1. The molecule has 1 aromatic heterocycles. The van der Waals surface area contributed by atoms with Crippen molar-refractivity contribution in [1.29, 1.82) is 0 Å². The maximum atomic E-state index is 12.4. The molecule has 0 aliphatic heterocycles. The van der Waals surface area contributed by atoms with Crippen molar-refractivity contribution in [3.8, 4) is 5.75 Å². The molecule has 0 radical (unpaired) electrons. The highest BCUT2D eigenvalue weighted by molar-refractivity contribution is 7.99. The van der Waals surface area contributed by atoms with Crippen molar-refractivity contribution in [3.63, 3.8) is 0 Å². The van der Waals surface area contributed by atoms with Crippen molar-refractivity contribution in [2.45, 2.75) is 45.5 Å². The molecule has 180 valence electrons. The Morgan fingerprint density at radius 3 is 2.53 bits per heavy atom. The van der Waals surface area contributed by atoms with Crippen LogP contribution in [0.2, 0.25) is 5.02 Å². The number of nitrogens with zero attached hydrogens (tertiary/aromatic N) is 3. The third-order valence-electron chi connectivity index (χ3n) is 4.88. The van der Waals surface area contributed by atoms with Gasteiger partial charge in [-0.3, -0.25) is 4.79 Å². The number of carbonyl (C=O) groups is 2. The molecule has 1 amide bonds. The number of nitrogens with one attached hydrogen (secondary N) is 1. The van der Waals surface area contributed by atoms with E-state index in [0.717, 1.165) is 5.56 Å². The van der Waals surface area contributed by atoms with E-state index in [-0.39, 0.29) is 17.8 Å². The predicted molar refractivity (Wildman–Crippen MR) is 133 cm³/mol. The van der Waals surface area contributed by atoms with E-state index >= 15 is 0 Å². The number of hydrogen-bond acceptors (Lipinski definition) is 7. The van der Waals surface area contributed by atoms with Crippen molar-refractivity contribution in [1.82, 2.24) is 14.8 Å². The number of ether oxygens (including phenoxy) is 2. The summed E-state index contributed by atoms with van der Waals surface area (Å²) in [4.78, 5) is 24.2. The first-order valence-corrected chi connectivity index (χ1v) is 12.2. The van der Waals surface area contributed by atoms with Gasteiger partial charge in [0.25, 0.3) is 0 Å². The Balaban J connectivity index is 1.59. The number of rotatable bonds is 10. The molecule has 0 bridgehead atoms. The van der Waals surface area contributed by atoms with Gasteiger partial charge in [0, 0.05) is 17.3 Å². The quantitative estimate of drug-likeness (QED) is 0.296. The SMILES string of the molecule is CCOC(=O)c1ccc(NC(=O)CSc2nnc(C(C)Oc3ccc(Cl)c(C)c3)n2CC)cc1. The average molecular weight is 503 g/mol. The molecule has 8 nitrogen and oxygen atoms in total. The molecule has 0 aliphatic carbocycles. The topological polar surface area (TPSA) is 95.3 Å². The minimum atomic E-state index is -0.393. The number of benzene rings is 2. The molecule has 34 heavy (non-hydrogen) atoms. The van der Waals surface area contributed by atoms with Gasteiger partial charge in [-0.1, -0.05) is 23.4 Å². The summed E-state index contributed by atoms with van der Waals surface area (Å²) in [5.74, 6) is 0.941. The van der Waals surface area contributed by atoms with Crippen LogP contribution in [0.3, 0.4) is 0 Å². The van der Waals surface area contributed by atoms with Gasteiger partial charge in [-0.15, -0.1) is 10.2 Å². The Hall–Kier alpha value is -3.04. The number of esters is 1. The zero-order valence-electron chi connectivity index (χ0n) is 19.5. The molecule has 2 aromatic carbocycles. The Bertz CT molecular complexity index is 1150. The van der Waals surface area contributed by atoms with Gasteiger partial charge < -0.3 is 19.4 Å². The largest absolute Gasteiger partial charge is 0.483 e. The minimum absolute atomic E-state index is 0.156. The van der Waals surface area contributed by atoms with Crippen LogP contribution >= 0.6 is 23.4 Å². The number of anilines is 1. The number of amides is 1. The summed E-state index contributed by atoms with van der Waals surface area (Å²) < 4.78 is 12.9. The van der Waals surface area contributed by atoms with Gasteiger partial charge in [-0.25, -0.2) is 4.79 Å². The van der Waals surface area contributed by atoms with Crippen LogP contribution in [0.5, 0.6) is 5.75 Å². The van der Waals surface area contributed by atoms with Crippen molar-refractivity contribution in [2.24, 2.45) is 0 Å². The molecule has 3 rings (SSSR count). The molecular formula is C24H27ClN4O4S. The Kier molecular flexibility index (Phi) is 8.95. The second-order valence-electron chi connectivity index (χ2n) is 7.39. The fraction of sp³-hybridized carbons (Fsp3) is 0.333. The molecule has 1 heterocycles. The normalized spacial score (nSPS) is 11.7. The number of aromatic nitrogens is 3. The number of thioether (sulfide) groups is 1. The van der Waals surface area contributed by atoms with Crippen LogP contribution in [-0.4, -0.2) is 39.0 Å². The number of carbonyl (C=O) groups excluding carboxylic acids is 2. The molecule has 1 unspecified atom stereocenters. The van der Waals surface area contributed by atoms with Crippen LogP contribution in [0.15, 0.2) is 47.6 Å². The summed E-state index contributed by atoms with van der Waals surface area (Å²) in [7, 11) is 0. The summed E-state index contributed by atoms with van der Waals surface area (Å²) in [5.41, 5.74) is 1.96. The lowest BCUT2D eigenvalue weighted by Gasteiger charge is -2.16. The molecule has 1 N–H and O–H groups in total. The summed E-state index contributed by atoms with van der Waals surface area (Å²) in [5, 5.41) is 12.7. The maximum absolute atomic E-state index is 12.4. The van der Waals surface area contributed by atoms with E-state index < -0.39 is 5.97 Å². The van der Waals surface area contributed by atoms with Gasteiger partial charge in [-0.2, -0.15) is 0 Å². The third kappa shape index (κ3) is 6.51. The van der Waals surface area contributed by atoms with E-state index in [4.69, 9.17) is 21.1 Å². The van der Waals surface area contributed by atoms with E-state index in [1.807, 2.05) is 37.5 Å². The van der Waals surface area contributed by atoms with E-state index in [1.165, 1.54) is 11.8 Å². The predicted octanol–water partition coefficient (Wildman–Crippen LogP) is 5.31. The zero-order valence-corrected chi connectivity index (χ0v) is 21.1. The summed E-state index contributed by atoms with van der Waals surface area (Å²) >= 11 is 7.38. The molecule has 0 spiro atoms. The Morgan fingerprint density at radius 2 is 1.88 bits per heavy atom. The highest BCUT2D eigenvalue weighted by Gasteiger charge is 2.20. The fourth-order valence-electron chi connectivity index (χ4n) is 3.18. The molecule has 0 aliphatic rings. The molecule has 3 aromatic rings. The van der Waals surface area contributed by atoms with Gasteiger partial charge >= 0.3 is 5.97 Å². The monoisotopic (exact) mass is 502 g/mol. The molecule has 0 fully saturated rings.